The molecular formula is C15H19FN4. The molecule has 5 heteroatoms. The van der Waals surface area contributed by atoms with Crippen LogP contribution in [0.3, 0.4) is 0 Å². The maximum atomic E-state index is 13.1. The molecule has 106 valence electrons. The summed E-state index contributed by atoms with van der Waals surface area (Å²) in [5.41, 5.74) is 1.17. The van der Waals surface area contributed by atoms with Crippen LogP contribution in [0, 0.1) is 5.82 Å². The molecule has 2 aromatic rings. The van der Waals surface area contributed by atoms with Gasteiger partial charge in [-0.05, 0) is 31.5 Å². The Morgan fingerprint density at radius 1 is 1.30 bits per heavy atom. The Balaban J connectivity index is 1.90. The van der Waals surface area contributed by atoms with Gasteiger partial charge < -0.3 is 5.32 Å². The summed E-state index contributed by atoms with van der Waals surface area (Å²) in [6.07, 6.45) is 2.43. The van der Waals surface area contributed by atoms with Crippen molar-refractivity contribution in [1.29, 1.82) is 0 Å². The summed E-state index contributed by atoms with van der Waals surface area (Å²) in [4.78, 5) is 4.40. The minimum atomic E-state index is -0.193. The summed E-state index contributed by atoms with van der Waals surface area (Å²) in [7, 11) is 0. The van der Waals surface area contributed by atoms with Crippen LogP contribution in [0.5, 0.6) is 0 Å². The van der Waals surface area contributed by atoms with Gasteiger partial charge in [0.25, 0.3) is 0 Å². The number of hydrogen-bond acceptors (Lipinski definition) is 3. The smallest absolute Gasteiger partial charge is 0.138 e. The first-order chi connectivity index (χ1) is 9.61. The lowest BCUT2D eigenvalue weighted by Crippen LogP contribution is -2.58. The summed E-state index contributed by atoms with van der Waals surface area (Å²) in [5, 5.41) is 7.62. The molecular weight excluding hydrogens is 255 g/mol. The van der Waals surface area contributed by atoms with Crippen LogP contribution in [0.2, 0.25) is 0 Å². The molecule has 1 aliphatic heterocycles. The van der Waals surface area contributed by atoms with Gasteiger partial charge in [0, 0.05) is 31.0 Å². The number of rotatable bonds is 4. The number of benzene rings is 1. The first-order valence-corrected chi connectivity index (χ1v) is 6.96. The van der Waals surface area contributed by atoms with Crippen LogP contribution in [0.1, 0.15) is 31.3 Å². The van der Waals surface area contributed by atoms with Crippen molar-refractivity contribution >= 4 is 0 Å². The number of aromatic nitrogens is 3. The van der Waals surface area contributed by atoms with Gasteiger partial charge in [-0.25, -0.2) is 14.1 Å². The third kappa shape index (κ3) is 2.22. The zero-order valence-corrected chi connectivity index (χ0v) is 11.8. The predicted molar refractivity (Wildman–Crippen MR) is 75.1 cm³/mol. The van der Waals surface area contributed by atoms with Gasteiger partial charge in [-0.15, -0.1) is 0 Å². The van der Waals surface area contributed by atoms with Gasteiger partial charge in [-0.3, -0.25) is 0 Å². The van der Waals surface area contributed by atoms with Gasteiger partial charge in [0.15, 0.2) is 0 Å². The Kier molecular flexibility index (Phi) is 3.30. The highest BCUT2D eigenvalue weighted by Crippen LogP contribution is 2.32. The van der Waals surface area contributed by atoms with Gasteiger partial charge >= 0.3 is 0 Å². The summed E-state index contributed by atoms with van der Waals surface area (Å²) in [5.74, 6) is 0.798. The second-order valence-electron chi connectivity index (χ2n) is 5.78. The number of halogens is 1. The minimum Gasteiger partial charge on any atom is -0.315 e. The van der Waals surface area contributed by atoms with Crippen molar-refractivity contribution in [2.24, 2.45) is 0 Å². The monoisotopic (exact) mass is 274 g/mol. The van der Waals surface area contributed by atoms with Crippen molar-refractivity contribution in [2.45, 2.75) is 31.7 Å². The zero-order chi connectivity index (χ0) is 14.2. The maximum Gasteiger partial charge on any atom is 0.138 e. The average molecular weight is 274 g/mol. The van der Waals surface area contributed by atoms with Crippen LogP contribution in [0.4, 0.5) is 4.39 Å². The normalized spacial score (nSPS) is 17.2. The SMILES string of the molecule is CC(C)n1ncnc1CC1(c2ccc(F)cc2)CNC1. The van der Waals surface area contributed by atoms with Crippen LogP contribution < -0.4 is 5.32 Å². The van der Waals surface area contributed by atoms with Crippen molar-refractivity contribution in [3.63, 3.8) is 0 Å². The number of hydrogen-bond donors (Lipinski definition) is 1. The summed E-state index contributed by atoms with van der Waals surface area (Å²) in [6, 6.07) is 7.12. The molecule has 1 aromatic heterocycles. The van der Waals surface area contributed by atoms with Gasteiger partial charge in [0.1, 0.15) is 18.0 Å². The van der Waals surface area contributed by atoms with E-state index in [1.54, 1.807) is 6.33 Å². The number of nitrogens with one attached hydrogen (secondary N) is 1. The first kappa shape index (κ1) is 13.2. The Hall–Kier alpha value is -1.75. The molecule has 0 spiro atoms. The molecule has 4 nitrogen and oxygen atoms in total. The van der Waals surface area contributed by atoms with Crippen LogP contribution in [0.25, 0.3) is 0 Å². The molecule has 0 amide bonds. The van der Waals surface area contributed by atoms with Crippen molar-refractivity contribution in [2.75, 3.05) is 13.1 Å². The van der Waals surface area contributed by atoms with Crippen molar-refractivity contribution < 1.29 is 4.39 Å². The largest absolute Gasteiger partial charge is 0.315 e. The quantitative estimate of drug-likeness (QED) is 0.928. The van der Waals surface area contributed by atoms with E-state index in [-0.39, 0.29) is 11.2 Å². The Labute approximate surface area is 118 Å². The van der Waals surface area contributed by atoms with E-state index in [1.165, 1.54) is 12.1 Å². The fraction of sp³-hybridized carbons (Fsp3) is 0.467. The van der Waals surface area contributed by atoms with Gasteiger partial charge in [-0.1, -0.05) is 12.1 Å². The maximum absolute atomic E-state index is 13.1. The zero-order valence-electron chi connectivity index (χ0n) is 11.8. The standard InChI is InChI=1S/C15H19FN4/c1-11(2)20-14(18-10-19-20)7-15(8-17-9-15)12-3-5-13(16)6-4-12/h3-6,10-11,17H,7-9H2,1-2H3. The molecule has 0 atom stereocenters. The third-order valence-electron chi connectivity index (χ3n) is 4.02. The van der Waals surface area contributed by atoms with E-state index >= 15 is 0 Å². The van der Waals surface area contributed by atoms with Crippen LogP contribution in [-0.4, -0.2) is 27.9 Å². The van der Waals surface area contributed by atoms with Crippen LogP contribution in [-0.2, 0) is 11.8 Å². The molecule has 0 radical (unpaired) electrons. The van der Waals surface area contributed by atoms with Crippen molar-refractivity contribution in [1.82, 2.24) is 20.1 Å². The van der Waals surface area contributed by atoms with Crippen molar-refractivity contribution in [3.8, 4) is 0 Å². The van der Waals surface area contributed by atoms with E-state index in [1.807, 2.05) is 16.8 Å². The van der Waals surface area contributed by atoms with Crippen LogP contribution >= 0.6 is 0 Å². The molecule has 1 fully saturated rings. The topological polar surface area (TPSA) is 42.7 Å². The lowest BCUT2D eigenvalue weighted by atomic mass is 9.72. The molecule has 0 saturated carbocycles. The summed E-state index contributed by atoms with van der Waals surface area (Å²) < 4.78 is 15.1. The van der Waals surface area contributed by atoms with E-state index in [0.717, 1.165) is 30.9 Å². The van der Waals surface area contributed by atoms with Gasteiger partial charge in [-0.2, -0.15) is 5.10 Å². The van der Waals surface area contributed by atoms with E-state index in [4.69, 9.17) is 0 Å². The Bertz CT molecular complexity index is 584. The summed E-state index contributed by atoms with van der Waals surface area (Å²) in [6.45, 7) is 5.98. The molecule has 3 rings (SSSR count). The second kappa shape index (κ2) is 4.98. The van der Waals surface area contributed by atoms with Crippen molar-refractivity contribution in [3.05, 3.63) is 47.8 Å². The van der Waals surface area contributed by atoms with Gasteiger partial charge in [0.05, 0.1) is 0 Å². The minimum absolute atomic E-state index is 0.00731. The highest BCUT2D eigenvalue weighted by molar-refractivity contribution is 5.31. The highest BCUT2D eigenvalue weighted by atomic mass is 19.1. The van der Waals surface area contributed by atoms with E-state index in [9.17, 15) is 4.39 Å². The lowest BCUT2D eigenvalue weighted by Gasteiger charge is -2.43. The van der Waals surface area contributed by atoms with E-state index < -0.39 is 0 Å². The third-order valence-corrected chi connectivity index (χ3v) is 4.02. The predicted octanol–water partition coefficient (Wildman–Crippen LogP) is 2.08. The Morgan fingerprint density at radius 3 is 2.55 bits per heavy atom. The summed E-state index contributed by atoms with van der Waals surface area (Å²) >= 11 is 0. The van der Waals surface area contributed by atoms with Gasteiger partial charge in [0.2, 0.25) is 0 Å². The molecule has 1 saturated heterocycles. The molecule has 0 unspecified atom stereocenters. The fourth-order valence-corrected chi connectivity index (χ4v) is 2.80. The molecule has 1 aromatic carbocycles. The lowest BCUT2D eigenvalue weighted by molar-refractivity contribution is 0.264. The number of nitrogens with zero attached hydrogens (tertiary/aromatic N) is 3. The molecule has 1 N–H and O–H groups in total. The average Bonchev–Trinajstić information content (AvgIpc) is 2.83. The van der Waals surface area contributed by atoms with E-state index in [2.05, 4.69) is 29.2 Å². The fourth-order valence-electron chi connectivity index (χ4n) is 2.80. The Morgan fingerprint density at radius 2 is 2.00 bits per heavy atom. The first-order valence-electron chi connectivity index (χ1n) is 6.96. The molecule has 0 aliphatic carbocycles. The van der Waals surface area contributed by atoms with E-state index in [0.29, 0.717) is 6.04 Å². The molecule has 0 bridgehead atoms. The van der Waals surface area contributed by atoms with Crippen LogP contribution in [0.15, 0.2) is 30.6 Å². The second-order valence-corrected chi connectivity index (χ2v) is 5.78. The molecule has 2 heterocycles. The molecule has 1 aliphatic rings. The highest BCUT2D eigenvalue weighted by Gasteiger charge is 2.40. The molecule has 20 heavy (non-hydrogen) atoms.